The zero-order chi connectivity index (χ0) is 11.4. The number of nitrogens with zero attached hydrogens (tertiary/aromatic N) is 1. The molecule has 0 amide bonds. The summed E-state index contributed by atoms with van der Waals surface area (Å²) in [6.45, 7) is 2.12. The molecule has 0 aliphatic carbocycles. The molecule has 3 nitrogen and oxygen atoms in total. The van der Waals surface area contributed by atoms with E-state index in [-0.39, 0.29) is 0 Å². The zero-order valence-electron chi connectivity index (χ0n) is 9.40. The van der Waals surface area contributed by atoms with Crippen molar-refractivity contribution in [2.24, 2.45) is 0 Å². The Morgan fingerprint density at radius 1 is 1.33 bits per heavy atom. The van der Waals surface area contributed by atoms with Crippen LogP contribution in [0.3, 0.4) is 0 Å². The quantitative estimate of drug-likeness (QED) is 0.824. The summed E-state index contributed by atoms with van der Waals surface area (Å²) in [7, 11) is 4.05. The molecule has 0 fully saturated rings. The van der Waals surface area contributed by atoms with Gasteiger partial charge >= 0.3 is 5.97 Å². The molecule has 1 aromatic rings. The second-order valence-electron chi connectivity index (χ2n) is 3.81. The second-order valence-corrected chi connectivity index (χ2v) is 3.81. The van der Waals surface area contributed by atoms with E-state index in [1.165, 1.54) is 0 Å². The average Bonchev–Trinajstić information content (AvgIpc) is 2.19. The van der Waals surface area contributed by atoms with Gasteiger partial charge in [0.25, 0.3) is 0 Å². The summed E-state index contributed by atoms with van der Waals surface area (Å²) in [5.41, 5.74) is 1.50. The first-order chi connectivity index (χ1) is 7.06. The van der Waals surface area contributed by atoms with Crippen molar-refractivity contribution >= 4 is 5.97 Å². The van der Waals surface area contributed by atoms with E-state index in [2.05, 4.69) is 11.8 Å². The topological polar surface area (TPSA) is 40.5 Å². The van der Waals surface area contributed by atoms with Gasteiger partial charge < -0.3 is 10.0 Å². The molecule has 82 valence electrons. The van der Waals surface area contributed by atoms with E-state index in [0.29, 0.717) is 11.6 Å². The highest BCUT2D eigenvalue weighted by molar-refractivity contribution is 5.87. The van der Waals surface area contributed by atoms with Gasteiger partial charge in [-0.3, -0.25) is 0 Å². The molecule has 0 aliphatic heterocycles. The van der Waals surface area contributed by atoms with E-state index in [4.69, 9.17) is 5.11 Å². The molecule has 1 rings (SSSR count). The molecule has 3 heteroatoms. The Morgan fingerprint density at radius 3 is 2.20 bits per heavy atom. The molecular weight excluding hydrogens is 190 g/mol. The van der Waals surface area contributed by atoms with Crippen LogP contribution in [0.2, 0.25) is 0 Å². The standard InChI is InChI=1S/C12H17NO2/c1-4-11(13(2)3)9-5-7-10(8-6-9)12(14)15/h5-8,11H,4H2,1-3H3,(H,14,15). The third-order valence-corrected chi connectivity index (χ3v) is 2.55. The van der Waals surface area contributed by atoms with E-state index in [9.17, 15) is 4.79 Å². The molecule has 0 heterocycles. The van der Waals surface area contributed by atoms with Crippen molar-refractivity contribution < 1.29 is 9.90 Å². The summed E-state index contributed by atoms with van der Waals surface area (Å²) >= 11 is 0. The molecule has 0 aromatic heterocycles. The average molecular weight is 207 g/mol. The Balaban J connectivity index is 2.92. The zero-order valence-corrected chi connectivity index (χ0v) is 9.40. The van der Waals surface area contributed by atoms with Crippen molar-refractivity contribution in [3.8, 4) is 0 Å². The monoisotopic (exact) mass is 207 g/mol. The van der Waals surface area contributed by atoms with Crippen molar-refractivity contribution in [2.75, 3.05) is 14.1 Å². The molecule has 0 radical (unpaired) electrons. The number of rotatable bonds is 4. The van der Waals surface area contributed by atoms with E-state index in [1.54, 1.807) is 12.1 Å². The van der Waals surface area contributed by atoms with Gasteiger partial charge in [-0.1, -0.05) is 19.1 Å². The van der Waals surface area contributed by atoms with Gasteiger partial charge in [0.1, 0.15) is 0 Å². The van der Waals surface area contributed by atoms with Gasteiger partial charge in [0.15, 0.2) is 0 Å². The normalized spacial score (nSPS) is 12.8. The van der Waals surface area contributed by atoms with Crippen LogP contribution in [0.25, 0.3) is 0 Å². The van der Waals surface area contributed by atoms with Crippen molar-refractivity contribution in [1.29, 1.82) is 0 Å². The Bertz CT molecular complexity index is 330. The van der Waals surface area contributed by atoms with E-state index in [1.807, 2.05) is 26.2 Å². The summed E-state index contributed by atoms with van der Waals surface area (Å²) < 4.78 is 0. The molecule has 1 aromatic carbocycles. The number of hydrogen-bond acceptors (Lipinski definition) is 2. The summed E-state index contributed by atoms with van der Waals surface area (Å²) in [5, 5.41) is 8.77. The first-order valence-corrected chi connectivity index (χ1v) is 5.06. The van der Waals surface area contributed by atoms with Crippen LogP contribution in [0.15, 0.2) is 24.3 Å². The summed E-state index contributed by atoms with van der Waals surface area (Å²) in [6, 6.07) is 7.44. The molecule has 1 unspecified atom stereocenters. The number of hydrogen-bond donors (Lipinski definition) is 1. The van der Waals surface area contributed by atoms with Gasteiger partial charge in [-0.2, -0.15) is 0 Å². The maximum absolute atomic E-state index is 10.7. The van der Waals surface area contributed by atoms with Crippen LogP contribution in [0, 0.1) is 0 Å². The lowest BCUT2D eigenvalue weighted by molar-refractivity contribution is 0.0697. The lowest BCUT2D eigenvalue weighted by Crippen LogP contribution is -2.19. The van der Waals surface area contributed by atoms with E-state index < -0.39 is 5.97 Å². The minimum Gasteiger partial charge on any atom is -0.478 e. The van der Waals surface area contributed by atoms with Crippen molar-refractivity contribution in [3.05, 3.63) is 35.4 Å². The predicted octanol–water partition coefficient (Wildman–Crippen LogP) is 2.40. The number of carboxylic acids is 1. The van der Waals surface area contributed by atoms with Crippen LogP contribution in [-0.4, -0.2) is 30.1 Å². The minimum atomic E-state index is -0.876. The van der Waals surface area contributed by atoms with Crippen molar-refractivity contribution in [1.82, 2.24) is 4.90 Å². The van der Waals surface area contributed by atoms with Crippen LogP contribution in [0.5, 0.6) is 0 Å². The van der Waals surface area contributed by atoms with Gasteiger partial charge in [0.2, 0.25) is 0 Å². The first-order valence-electron chi connectivity index (χ1n) is 5.06. The van der Waals surface area contributed by atoms with E-state index in [0.717, 1.165) is 12.0 Å². The fraction of sp³-hybridized carbons (Fsp3) is 0.417. The van der Waals surface area contributed by atoms with Gasteiger partial charge in [0.05, 0.1) is 5.56 Å². The smallest absolute Gasteiger partial charge is 0.335 e. The van der Waals surface area contributed by atoms with Crippen LogP contribution in [0.4, 0.5) is 0 Å². The largest absolute Gasteiger partial charge is 0.478 e. The maximum atomic E-state index is 10.7. The van der Waals surface area contributed by atoms with Gasteiger partial charge in [-0.25, -0.2) is 4.79 Å². The maximum Gasteiger partial charge on any atom is 0.335 e. The van der Waals surface area contributed by atoms with Gasteiger partial charge in [0, 0.05) is 6.04 Å². The SMILES string of the molecule is CCC(c1ccc(C(=O)O)cc1)N(C)C. The summed E-state index contributed by atoms with van der Waals surface area (Å²) in [5.74, 6) is -0.876. The Morgan fingerprint density at radius 2 is 1.87 bits per heavy atom. The molecule has 1 atom stereocenters. The highest BCUT2D eigenvalue weighted by Gasteiger charge is 2.11. The molecule has 1 N–H and O–H groups in total. The summed E-state index contributed by atoms with van der Waals surface area (Å²) in [4.78, 5) is 12.8. The number of carboxylic acid groups (broad SMARTS) is 1. The molecule has 0 saturated carbocycles. The number of aromatic carboxylic acids is 1. The Hall–Kier alpha value is -1.35. The molecule has 15 heavy (non-hydrogen) atoms. The van der Waals surface area contributed by atoms with Crippen LogP contribution in [0.1, 0.15) is 35.3 Å². The fourth-order valence-corrected chi connectivity index (χ4v) is 1.75. The second kappa shape index (κ2) is 4.94. The Kier molecular flexibility index (Phi) is 3.86. The highest BCUT2D eigenvalue weighted by Crippen LogP contribution is 2.21. The van der Waals surface area contributed by atoms with Crippen LogP contribution in [-0.2, 0) is 0 Å². The predicted molar refractivity (Wildman–Crippen MR) is 60.1 cm³/mol. The molecule has 0 spiro atoms. The van der Waals surface area contributed by atoms with Crippen LogP contribution >= 0.6 is 0 Å². The molecule has 0 saturated heterocycles. The number of benzene rings is 1. The van der Waals surface area contributed by atoms with E-state index >= 15 is 0 Å². The lowest BCUT2D eigenvalue weighted by Gasteiger charge is -2.23. The third-order valence-electron chi connectivity index (χ3n) is 2.55. The van der Waals surface area contributed by atoms with Gasteiger partial charge in [-0.15, -0.1) is 0 Å². The molecule has 0 aliphatic rings. The van der Waals surface area contributed by atoms with Gasteiger partial charge in [-0.05, 0) is 38.2 Å². The lowest BCUT2D eigenvalue weighted by atomic mass is 10.0. The Labute approximate surface area is 90.3 Å². The summed E-state index contributed by atoms with van der Waals surface area (Å²) in [6.07, 6.45) is 1.01. The molecule has 0 bridgehead atoms. The third kappa shape index (κ3) is 2.80. The fourth-order valence-electron chi connectivity index (χ4n) is 1.75. The van der Waals surface area contributed by atoms with Crippen molar-refractivity contribution in [3.63, 3.8) is 0 Å². The molecular formula is C12H17NO2. The highest BCUT2D eigenvalue weighted by atomic mass is 16.4. The van der Waals surface area contributed by atoms with Crippen LogP contribution < -0.4 is 0 Å². The first kappa shape index (κ1) is 11.7. The van der Waals surface area contributed by atoms with Crippen molar-refractivity contribution in [2.45, 2.75) is 19.4 Å². The minimum absolute atomic E-state index is 0.340. The number of carbonyl (C=O) groups is 1.